The molecule has 30 heavy (non-hydrogen) atoms. The van der Waals surface area contributed by atoms with Crippen molar-refractivity contribution < 1.29 is 23.9 Å². The highest BCUT2D eigenvalue weighted by molar-refractivity contribution is 6.22. The van der Waals surface area contributed by atoms with Gasteiger partial charge in [-0.1, -0.05) is 26.0 Å². The molecule has 7 nitrogen and oxygen atoms in total. The summed E-state index contributed by atoms with van der Waals surface area (Å²) in [5, 5.41) is 0. The number of hydrogen-bond acceptors (Lipinski definition) is 5. The first-order valence-electron chi connectivity index (χ1n) is 10.5. The Bertz CT molecular complexity index is 788. The maximum Gasteiger partial charge on any atom is 0.330 e. The second kappa shape index (κ2) is 9.41. The van der Waals surface area contributed by atoms with E-state index < -0.39 is 29.9 Å². The van der Waals surface area contributed by atoms with Crippen LogP contribution in [0.5, 0.6) is 0 Å². The van der Waals surface area contributed by atoms with Crippen LogP contribution in [0.3, 0.4) is 0 Å². The van der Waals surface area contributed by atoms with Crippen LogP contribution in [-0.4, -0.2) is 57.7 Å². The molecule has 0 aliphatic carbocycles. The second-order valence-electron chi connectivity index (χ2n) is 8.68. The third-order valence-corrected chi connectivity index (χ3v) is 5.11. The number of carbonyl (C=O) groups is 4. The predicted octanol–water partition coefficient (Wildman–Crippen LogP) is 3.27. The number of amides is 3. The zero-order valence-electron chi connectivity index (χ0n) is 18.8. The molecule has 0 N–H and O–H groups in total. The van der Waals surface area contributed by atoms with Crippen molar-refractivity contribution in [2.75, 3.05) is 0 Å². The van der Waals surface area contributed by atoms with Crippen LogP contribution in [0.25, 0.3) is 0 Å². The molecule has 7 heteroatoms. The average molecular weight is 417 g/mol. The Morgan fingerprint density at radius 2 is 1.37 bits per heavy atom. The van der Waals surface area contributed by atoms with E-state index in [1.165, 1.54) is 6.92 Å². The van der Waals surface area contributed by atoms with Crippen LogP contribution < -0.4 is 0 Å². The summed E-state index contributed by atoms with van der Waals surface area (Å²) in [5.41, 5.74) is 0.554. The van der Waals surface area contributed by atoms with Crippen LogP contribution in [0.15, 0.2) is 24.3 Å². The average Bonchev–Trinajstić information content (AvgIpc) is 2.90. The van der Waals surface area contributed by atoms with Crippen molar-refractivity contribution in [3.63, 3.8) is 0 Å². The van der Waals surface area contributed by atoms with E-state index in [0.29, 0.717) is 0 Å². The minimum absolute atomic E-state index is 0.0284. The van der Waals surface area contributed by atoms with Crippen molar-refractivity contribution in [1.29, 1.82) is 0 Å². The van der Waals surface area contributed by atoms with Crippen molar-refractivity contribution >= 4 is 23.7 Å². The van der Waals surface area contributed by atoms with E-state index in [1.807, 2.05) is 41.5 Å². The predicted molar refractivity (Wildman–Crippen MR) is 113 cm³/mol. The fourth-order valence-corrected chi connectivity index (χ4v) is 3.86. The van der Waals surface area contributed by atoms with Gasteiger partial charge in [0.2, 0.25) is 0 Å². The van der Waals surface area contributed by atoms with Gasteiger partial charge in [-0.25, -0.2) is 4.79 Å². The van der Waals surface area contributed by atoms with E-state index in [4.69, 9.17) is 4.74 Å². The van der Waals surface area contributed by atoms with E-state index >= 15 is 0 Å². The summed E-state index contributed by atoms with van der Waals surface area (Å²) < 4.78 is 5.49. The summed E-state index contributed by atoms with van der Waals surface area (Å²) in [6.45, 7) is 12.9. The molecule has 1 aliphatic rings. The molecule has 0 saturated carbocycles. The van der Waals surface area contributed by atoms with Gasteiger partial charge >= 0.3 is 5.97 Å². The Morgan fingerprint density at radius 1 is 0.900 bits per heavy atom. The fraction of sp³-hybridized carbons (Fsp3) is 0.565. The molecule has 0 unspecified atom stereocenters. The van der Waals surface area contributed by atoms with Gasteiger partial charge in [0.15, 0.2) is 6.10 Å². The molecule has 164 valence electrons. The highest BCUT2D eigenvalue weighted by Crippen LogP contribution is 2.27. The zero-order valence-corrected chi connectivity index (χ0v) is 18.8. The lowest BCUT2D eigenvalue weighted by atomic mass is 10.0. The standard InChI is InChI=1S/C23H32N2O5/c1-13(2)12-19(25-21(27)17-10-8-9-11-18(17)22(25)28)23(29)30-16(7)20(26)24(14(3)4)15(5)6/h8-11,13-16,19H,12H2,1-7H3/t16-,19-/m1/s1. The molecule has 0 spiro atoms. The Morgan fingerprint density at radius 3 is 1.77 bits per heavy atom. The molecular weight excluding hydrogens is 384 g/mol. The van der Waals surface area contributed by atoms with Crippen LogP contribution in [0.1, 0.15) is 75.6 Å². The summed E-state index contributed by atoms with van der Waals surface area (Å²) in [5.74, 6) is -2.04. The van der Waals surface area contributed by atoms with E-state index in [-0.39, 0.29) is 41.5 Å². The van der Waals surface area contributed by atoms with E-state index in [0.717, 1.165) is 4.90 Å². The number of fused-ring (bicyclic) bond motifs is 1. The highest BCUT2D eigenvalue weighted by Gasteiger charge is 2.44. The number of imide groups is 1. The molecule has 0 aromatic heterocycles. The van der Waals surface area contributed by atoms with Crippen LogP contribution in [0, 0.1) is 5.92 Å². The van der Waals surface area contributed by atoms with E-state index in [2.05, 4.69) is 0 Å². The number of hydrogen-bond donors (Lipinski definition) is 0. The molecule has 1 aromatic rings. The highest BCUT2D eigenvalue weighted by atomic mass is 16.5. The molecule has 1 heterocycles. The topological polar surface area (TPSA) is 84.0 Å². The third kappa shape index (κ3) is 4.71. The lowest BCUT2D eigenvalue weighted by Gasteiger charge is -2.33. The molecule has 0 fully saturated rings. The minimum atomic E-state index is -1.08. The quantitative estimate of drug-likeness (QED) is 0.480. The first-order chi connectivity index (χ1) is 14.0. The van der Waals surface area contributed by atoms with Gasteiger partial charge in [-0.2, -0.15) is 0 Å². The SMILES string of the molecule is CC(C)C[C@H](C(=O)O[C@H](C)C(=O)N(C(C)C)C(C)C)N1C(=O)c2ccccc2C1=O. The summed E-state index contributed by atoms with van der Waals surface area (Å²) in [4.78, 5) is 54.2. The third-order valence-electron chi connectivity index (χ3n) is 5.11. The Balaban J connectivity index is 2.26. The van der Waals surface area contributed by atoms with Crippen molar-refractivity contribution in [1.82, 2.24) is 9.80 Å². The van der Waals surface area contributed by atoms with Crippen molar-refractivity contribution in [3.05, 3.63) is 35.4 Å². The number of carbonyl (C=O) groups excluding carboxylic acids is 4. The zero-order chi connectivity index (χ0) is 22.7. The summed E-state index contributed by atoms with van der Waals surface area (Å²) in [7, 11) is 0. The fourth-order valence-electron chi connectivity index (χ4n) is 3.86. The second-order valence-corrected chi connectivity index (χ2v) is 8.68. The monoisotopic (exact) mass is 416 g/mol. The molecule has 0 radical (unpaired) electrons. The van der Waals surface area contributed by atoms with Gasteiger partial charge in [0.05, 0.1) is 11.1 Å². The summed E-state index contributed by atoms with van der Waals surface area (Å²) in [6, 6.07) is 5.31. The molecule has 0 saturated heterocycles. The summed E-state index contributed by atoms with van der Waals surface area (Å²) in [6.07, 6.45) is -0.768. The van der Waals surface area contributed by atoms with Crippen molar-refractivity contribution in [2.24, 2.45) is 5.92 Å². The first-order valence-corrected chi connectivity index (χ1v) is 10.5. The minimum Gasteiger partial charge on any atom is -0.451 e. The largest absolute Gasteiger partial charge is 0.451 e. The van der Waals surface area contributed by atoms with Gasteiger partial charge in [-0.15, -0.1) is 0 Å². The summed E-state index contributed by atoms with van der Waals surface area (Å²) >= 11 is 0. The Kier molecular flexibility index (Phi) is 7.39. The molecule has 1 aliphatic heterocycles. The van der Waals surface area contributed by atoms with E-state index in [9.17, 15) is 19.2 Å². The van der Waals surface area contributed by atoms with Crippen LogP contribution in [0.2, 0.25) is 0 Å². The molecule has 2 rings (SSSR count). The number of esters is 1. The maximum atomic E-state index is 13.0. The van der Waals surface area contributed by atoms with Crippen molar-refractivity contribution in [2.45, 2.75) is 79.1 Å². The van der Waals surface area contributed by atoms with Crippen LogP contribution in [0.4, 0.5) is 0 Å². The van der Waals surface area contributed by atoms with Crippen LogP contribution >= 0.6 is 0 Å². The van der Waals surface area contributed by atoms with Gasteiger partial charge in [0.25, 0.3) is 17.7 Å². The van der Waals surface area contributed by atoms with Crippen LogP contribution in [-0.2, 0) is 14.3 Å². The molecular formula is C23H32N2O5. The van der Waals surface area contributed by atoms with Gasteiger partial charge in [0, 0.05) is 12.1 Å². The molecule has 2 atom stereocenters. The number of ether oxygens (including phenoxy) is 1. The van der Waals surface area contributed by atoms with Gasteiger partial charge in [-0.3, -0.25) is 19.3 Å². The smallest absolute Gasteiger partial charge is 0.330 e. The number of benzene rings is 1. The Hall–Kier alpha value is -2.70. The normalized spacial score (nSPS) is 15.6. The van der Waals surface area contributed by atoms with E-state index in [1.54, 1.807) is 29.2 Å². The van der Waals surface area contributed by atoms with Gasteiger partial charge in [0.1, 0.15) is 6.04 Å². The lowest BCUT2D eigenvalue weighted by molar-refractivity contribution is -0.164. The van der Waals surface area contributed by atoms with Gasteiger partial charge in [-0.05, 0) is 59.1 Å². The molecule has 0 bridgehead atoms. The number of rotatable bonds is 8. The maximum absolute atomic E-state index is 13.0. The molecule has 3 amide bonds. The van der Waals surface area contributed by atoms with Gasteiger partial charge < -0.3 is 9.64 Å². The first kappa shape index (κ1) is 23.6. The lowest BCUT2D eigenvalue weighted by Crippen LogP contribution is -2.50. The molecule has 1 aromatic carbocycles. The van der Waals surface area contributed by atoms with Crippen molar-refractivity contribution in [3.8, 4) is 0 Å². The Labute approximate surface area is 178 Å². The number of nitrogens with zero attached hydrogens (tertiary/aromatic N) is 2.